The van der Waals surface area contributed by atoms with Crippen molar-refractivity contribution in [2.45, 2.75) is 0 Å². The van der Waals surface area contributed by atoms with Crippen LogP contribution in [0.5, 0.6) is 5.75 Å². The van der Waals surface area contributed by atoms with Crippen LogP contribution in [0.2, 0.25) is 5.02 Å². The molecule has 0 bridgehead atoms. The highest BCUT2D eigenvalue weighted by Gasteiger charge is 2.12. The topological polar surface area (TPSA) is 93.2 Å². The van der Waals surface area contributed by atoms with Gasteiger partial charge in [-0.05, 0) is 24.3 Å². The fourth-order valence-corrected chi connectivity index (χ4v) is 2.60. The number of hydrogen-bond acceptors (Lipinski definition) is 6. The zero-order chi connectivity index (χ0) is 17.1. The van der Waals surface area contributed by atoms with Crippen molar-refractivity contribution in [3.63, 3.8) is 0 Å². The van der Waals surface area contributed by atoms with E-state index in [0.717, 1.165) is 0 Å². The van der Waals surface area contributed by atoms with Crippen LogP contribution in [0.1, 0.15) is 0 Å². The first kappa shape index (κ1) is 16.3. The van der Waals surface area contributed by atoms with Gasteiger partial charge in [-0.25, -0.2) is 18.4 Å². The van der Waals surface area contributed by atoms with Crippen molar-refractivity contribution in [2.75, 3.05) is 17.1 Å². The molecule has 0 radical (unpaired) electrons. The smallest absolute Gasteiger partial charge is 0.223 e. The number of nitrogens with zero attached hydrogens (tertiary/aromatic N) is 2. The SMILES string of the molecule is COc1ccc(Cl)c(Nc2nc3ccccc3nc2N[SH](=O)=O)c1. The molecule has 3 rings (SSSR count). The van der Waals surface area contributed by atoms with Crippen molar-refractivity contribution in [2.24, 2.45) is 0 Å². The van der Waals surface area contributed by atoms with Gasteiger partial charge in [-0.3, -0.25) is 4.72 Å². The number of methoxy groups -OCH3 is 1. The van der Waals surface area contributed by atoms with Gasteiger partial charge in [0.05, 0.1) is 28.9 Å². The Morgan fingerprint density at radius 2 is 1.71 bits per heavy atom. The van der Waals surface area contributed by atoms with Gasteiger partial charge in [-0.1, -0.05) is 23.7 Å². The van der Waals surface area contributed by atoms with E-state index in [-0.39, 0.29) is 11.6 Å². The number of thiol groups is 1. The highest BCUT2D eigenvalue weighted by atomic mass is 35.5. The second-order valence-corrected chi connectivity index (χ2v) is 5.89. The quantitative estimate of drug-likeness (QED) is 0.603. The number of para-hydroxylation sites is 2. The molecule has 7 nitrogen and oxygen atoms in total. The molecule has 0 aliphatic heterocycles. The number of benzene rings is 2. The van der Waals surface area contributed by atoms with Crippen molar-refractivity contribution < 1.29 is 13.2 Å². The maximum absolute atomic E-state index is 11.1. The predicted octanol–water partition coefficient (Wildman–Crippen LogP) is 2.97. The molecule has 124 valence electrons. The Kier molecular flexibility index (Phi) is 4.68. The maximum Gasteiger partial charge on any atom is 0.223 e. The van der Waals surface area contributed by atoms with Gasteiger partial charge < -0.3 is 10.1 Å². The summed E-state index contributed by atoms with van der Waals surface area (Å²) in [5, 5.41) is 3.43. The number of aromatic nitrogens is 2. The van der Waals surface area contributed by atoms with Crippen molar-refractivity contribution in [1.29, 1.82) is 0 Å². The third kappa shape index (κ3) is 3.50. The zero-order valence-corrected chi connectivity index (χ0v) is 14.1. The summed E-state index contributed by atoms with van der Waals surface area (Å²) in [4.78, 5) is 8.71. The molecule has 3 aromatic rings. The van der Waals surface area contributed by atoms with Gasteiger partial charge in [0.2, 0.25) is 10.9 Å². The molecule has 9 heteroatoms. The Morgan fingerprint density at radius 1 is 1.04 bits per heavy atom. The van der Waals surface area contributed by atoms with Gasteiger partial charge in [-0.15, -0.1) is 0 Å². The van der Waals surface area contributed by atoms with E-state index < -0.39 is 10.9 Å². The molecule has 0 aliphatic rings. The summed E-state index contributed by atoms with van der Waals surface area (Å²) in [5.74, 6) is 0.923. The molecular weight excluding hydrogens is 352 g/mol. The molecule has 0 atom stereocenters. The fourth-order valence-electron chi connectivity index (χ4n) is 2.11. The molecule has 0 unspecified atom stereocenters. The number of fused-ring (bicyclic) bond motifs is 1. The Labute approximate surface area is 144 Å². The molecule has 0 aliphatic carbocycles. The van der Waals surface area contributed by atoms with E-state index in [9.17, 15) is 8.42 Å². The minimum Gasteiger partial charge on any atom is -0.497 e. The van der Waals surface area contributed by atoms with Crippen molar-refractivity contribution in [1.82, 2.24) is 9.97 Å². The lowest BCUT2D eigenvalue weighted by molar-refractivity contribution is 0.415. The van der Waals surface area contributed by atoms with Gasteiger partial charge in [-0.2, -0.15) is 0 Å². The maximum atomic E-state index is 11.1. The van der Waals surface area contributed by atoms with E-state index in [2.05, 4.69) is 20.0 Å². The lowest BCUT2D eigenvalue weighted by Crippen LogP contribution is -2.05. The lowest BCUT2D eigenvalue weighted by atomic mass is 10.3. The minimum atomic E-state index is -2.89. The Bertz CT molecular complexity index is 970. The highest BCUT2D eigenvalue weighted by Crippen LogP contribution is 2.31. The first-order valence-corrected chi connectivity index (χ1v) is 8.41. The fraction of sp³-hybridized carbons (Fsp3) is 0.0667. The Balaban J connectivity index is 2.10. The summed E-state index contributed by atoms with van der Waals surface area (Å²) in [7, 11) is -1.35. The van der Waals surface area contributed by atoms with Crippen LogP contribution >= 0.6 is 11.6 Å². The van der Waals surface area contributed by atoms with Crippen LogP contribution in [0.15, 0.2) is 42.5 Å². The van der Waals surface area contributed by atoms with Gasteiger partial charge >= 0.3 is 0 Å². The molecule has 0 saturated carbocycles. The largest absolute Gasteiger partial charge is 0.497 e. The van der Waals surface area contributed by atoms with Gasteiger partial charge in [0.1, 0.15) is 5.75 Å². The normalized spacial score (nSPS) is 10.8. The molecule has 1 aromatic heterocycles. The third-order valence-corrected chi connectivity index (χ3v) is 3.92. The minimum absolute atomic E-state index is 0.0868. The van der Waals surface area contributed by atoms with Crippen LogP contribution in [0, 0.1) is 0 Å². The van der Waals surface area contributed by atoms with Gasteiger partial charge in [0, 0.05) is 6.07 Å². The number of hydrogen-bond donors (Lipinski definition) is 3. The summed E-state index contributed by atoms with van der Waals surface area (Å²) < 4.78 is 29.6. The molecule has 0 spiro atoms. The second-order valence-electron chi connectivity index (χ2n) is 4.75. The van der Waals surface area contributed by atoms with Crippen molar-refractivity contribution in [3.05, 3.63) is 47.5 Å². The van der Waals surface area contributed by atoms with Crippen molar-refractivity contribution >= 4 is 50.8 Å². The van der Waals surface area contributed by atoms with Crippen LogP contribution in [-0.2, 0) is 10.9 Å². The van der Waals surface area contributed by atoms with Crippen LogP contribution in [-0.4, -0.2) is 25.5 Å². The van der Waals surface area contributed by atoms with Gasteiger partial charge in [0.25, 0.3) is 0 Å². The molecule has 1 heterocycles. The summed E-state index contributed by atoms with van der Waals surface area (Å²) >= 11 is 6.17. The highest BCUT2D eigenvalue weighted by molar-refractivity contribution is 7.73. The van der Waals surface area contributed by atoms with Crippen LogP contribution in [0.25, 0.3) is 11.0 Å². The zero-order valence-electron chi connectivity index (χ0n) is 12.5. The molecular formula is C15H13ClN4O3S. The average Bonchev–Trinajstić information content (AvgIpc) is 2.56. The molecule has 2 aromatic carbocycles. The second kappa shape index (κ2) is 6.90. The van der Waals surface area contributed by atoms with Crippen LogP contribution in [0.3, 0.4) is 0 Å². The average molecular weight is 365 g/mol. The first-order valence-electron chi connectivity index (χ1n) is 6.85. The summed E-state index contributed by atoms with van der Waals surface area (Å²) in [6.07, 6.45) is 0. The van der Waals surface area contributed by atoms with E-state index in [4.69, 9.17) is 16.3 Å². The summed E-state index contributed by atoms with van der Waals surface area (Å²) in [6, 6.07) is 12.2. The first-order chi connectivity index (χ1) is 11.6. The molecule has 24 heavy (non-hydrogen) atoms. The number of nitrogens with one attached hydrogen (secondary N) is 2. The molecule has 2 N–H and O–H groups in total. The number of anilines is 3. The van der Waals surface area contributed by atoms with E-state index in [0.29, 0.717) is 27.5 Å². The number of halogens is 1. The van der Waals surface area contributed by atoms with E-state index in [1.807, 2.05) is 6.07 Å². The van der Waals surface area contributed by atoms with Gasteiger partial charge in [0.15, 0.2) is 11.6 Å². The monoisotopic (exact) mass is 364 g/mol. The van der Waals surface area contributed by atoms with E-state index in [1.54, 1.807) is 36.4 Å². The number of ether oxygens (including phenoxy) is 1. The predicted molar refractivity (Wildman–Crippen MR) is 94.8 cm³/mol. The van der Waals surface area contributed by atoms with Crippen LogP contribution < -0.4 is 14.8 Å². The molecule has 0 saturated heterocycles. The lowest BCUT2D eigenvalue weighted by Gasteiger charge is -2.13. The third-order valence-electron chi connectivity index (χ3n) is 3.19. The van der Waals surface area contributed by atoms with E-state index >= 15 is 0 Å². The van der Waals surface area contributed by atoms with Crippen LogP contribution in [0.4, 0.5) is 17.3 Å². The number of rotatable bonds is 5. The molecule has 0 fully saturated rings. The van der Waals surface area contributed by atoms with E-state index in [1.165, 1.54) is 7.11 Å². The summed E-state index contributed by atoms with van der Waals surface area (Å²) in [6.45, 7) is 0. The summed E-state index contributed by atoms with van der Waals surface area (Å²) in [5.41, 5.74) is 1.70. The standard InChI is InChI=1S/C15H13ClN4O3S/c1-23-9-6-7-10(16)13(8-9)19-14-15(20-24(21)22)18-12-5-3-2-4-11(12)17-14/h2-8,24H,1H3,(H,17,19)(H,18,20,21,22). The van der Waals surface area contributed by atoms with Crippen molar-refractivity contribution in [3.8, 4) is 5.75 Å². The Hall–Kier alpha value is -2.58. The molecule has 0 amide bonds. The Morgan fingerprint density at radius 3 is 2.33 bits per heavy atom.